The maximum absolute atomic E-state index is 13.6. The number of halogens is 1. The van der Waals surface area contributed by atoms with Gasteiger partial charge in [-0.05, 0) is 48.9 Å². The minimum Gasteiger partial charge on any atom is -0.497 e. The quantitative estimate of drug-likeness (QED) is 0.409. The number of ether oxygens (including phenoxy) is 1. The normalized spacial score (nSPS) is 11.2. The number of nitrogens with zero attached hydrogens (tertiary/aromatic N) is 1. The second-order valence-corrected chi connectivity index (χ2v) is 9.24. The highest BCUT2D eigenvalue weighted by atomic mass is 32.2. The molecule has 0 atom stereocenters. The molecule has 8 nitrogen and oxygen atoms in total. The number of aromatic amines is 1. The third-order valence-corrected chi connectivity index (χ3v) is 6.85. The van der Waals surface area contributed by atoms with E-state index in [-0.39, 0.29) is 15.8 Å². The Kier molecular flexibility index (Phi) is 6.76. The molecule has 2 aromatic carbocycles. The monoisotopic (exact) mass is 463 g/mol. The second-order valence-electron chi connectivity index (χ2n) is 6.36. The van der Waals surface area contributed by atoms with Gasteiger partial charge in [-0.25, -0.2) is 17.8 Å². The van der Waals surface area contributed by atoms with Gasteiger partial charge in [-0.15, -0.1) is 0 Å². The van der Waals surface area contributed by atoms with Gasteiger partial charge in [0.25, 0.3) is 5.56 Å². The molecule has 1 heterocycles. The number of nitrogens with one attached hydrogen (secondary N) is 2. The molecule has 1 aromatic heterocycles. The maximum Gasteiger partial charge on any atom is 0.270 e. The number of aromatic nitrogens is 2. The van der Waals surface area contributed by atoms with E-state index in [4.69, 9.17) is 4.74 Å². The van der Waals surface area contributed by atoms with Crippen LogP contribution in [0.4, 0.5) is 10.1 Å². The third-order valence-electron chi connectivity index (χ3n) is 4.20. The molecule has 0 saturated heterocycles. The molecule has 31 heavy (non-hydrogen) atoms. The average molecular weight is 464 g/mol. The zero-order valence-corrected chi connectivity index (χ0v) is 18.1. The maximum atomic E-state index is 13.6. The van der Waals surface area contributed by atoms with Crippen LogP contribution in [0.25, 0.3) is 0 Å². The number of carbonyl (C=O) groups is 1. The van der Waals surface area contributed by atoms with Crippen molar-refractivity contribution in [2.45, 2.75) is 21.9 Å². The Labute approximate surface area is 181 Å². The first-order chi connectivity index (χ1) is 14.7. The fraction of sp³-hybridized carbons (Fsp3) is 0.150. The molecule has 2 N–H and O–H groups in total. The summed E-state index contributed by atoms with van der Waals surface area (Å²) in [5.74, 6) is -0.524. The second kappa shape index (κ2) is 9.31. The molecule has 0 radical (unpaired) electrons. The number of hydrogen-bond donors (Lipinski definition) is 2. The lowest BCUT2D eigenvalue weighted by Crippen LogP contribution is -2.20. The van der Waals surface area contributed by atoms with Gasteiger partial charge in [-0.2, -0.15) is 0 Å². The van der Waals surface area contributed by atoms with Crippen LogP contribution >= 0.6 is 11.8 Å². The fourth-order valence-electron chi connectivity index (χ4n) is 2.52. The smallest absolute Gasteiger partial charge is 0.270 e. The van der Waals surface area contributed by atoms with E-state index in [0.717, 1.165) is 18.0 Å². The molecule has 0 saturated carbocycles. The highest BCUT2D eigenvalue weighted by molar-refractivity contribution is 7.99. The summed E-state index contributed by atoms with van der Waals surface area (Å²) in [6.07, 6.45) is 0.952. The number of amides is 1. The Hall–Kier alpha value is -3.18. The van der Waals surface area contributed by atoms with Gasteiger partial charge in [0.05, 0.1) is 24.0 Å². The van der Waals surface area contributed by atoms with E-state index in [1.165, 1.54) is 37.4 Å². The number of rotatable bonds is 7. The van der Waals surface area contributed by atoms with E-state index in [1.54, 1.807) is 19.1 Å². The molecule has 11 heteroatoms. The van der Waals surface area contributed by atoms with Gasteiger partial charge < -0.3 is 15.0 Å². The predicted molar refractivity (Wildman–Crippen MR) is 114 cm³/mol. The minimum atomic E-state index is -4.08. The van der Waals surface area contributed by atoms with Crippen molar-refractivity contribution >= 4 is 33.2 Å². The molecule has 3 aromatic rings. The number of thioether (sulfide) groups is 1. The van der Waals surface area contributed by atoms with Crippen molar-refractivity contribution in [3.05, 3.63) is 70.4 Å². The van der Waals surface area contributed by atoms with E-state index >= 15 is 0 Å². The predicted octanol–water partition coefficient (Wildman–Crippen LogP) is 2.79. The molecule has 0 aliphatic carbocycles. The summed E-state index contributed by atoms with van der Waals surface area (Å²) in [5.41, 5.74) is -0.0933. The van der Waals surface area contributed by atoms with Gasteiger partial charge in [0.15, 0.2) is 10.1 Å². The Morgan fingerprint density at radius 3 is 2.55 bits per heavy atom. The molecule has 3 rings (SSSR count). The van der Waals surface area contributed by atoms with Gasteiger partial charge in [0, 0.05) is 5.69 Å². The van der Waals surface area contributed by atoms with E-state index in [2.05, 4.69) is 15.3 Å². The Balaban J connectivity index is 1.69. The van der Waals surface area contributed by atoms with Crippen LogP contribution in [-0.2, 0) is 14.6 Å². The molecular weight excluding hydrogens is 445 g/mol. The highest BCUT2D eigenvalue weighted by Gasteiger charge is 2.22. The van der Waals surface area contributed by atoms with Crippen molar-refractivity contribution in [1.82, 2.24) is 9.97 Å². The number of carbonyl (C=O) groups excluding carboxylic acids is 1. The summed E-state index contributed by atoms with van der Waals surface area (Å²) in [5, 5.41) is 2.61. The van der Waals surface area contributed by atoms with Crippen LogP contribution in [0.1, 0.15) is 5.56 Å². The van der Waals surface area contributed by atoms with Gasteiger partial charge in [-0.3, -0.25) is 9.59 Å². The van der Waals surface area contributed by atoms with Crippen LogP contribution in [-0.4, -0.2) is 37.2 Å². The number of sulfone groups is 1. The summed E-state index contributed by atoms with van der Waals surface area (Å²) >= 11 is 0.906. The van der Waals surface area contributed by atoms with Crippen LogP contribution in [0.15, 0.2) is 68.4 Å². The fourth-order valence-corrected chi connectivity index (χ4v) is 4.38. The number of benzene rings is 2. The van der Waals surface area contributed by atoms with Crippen LogP contribution in [0.5, 0.6) is 5.75 Å². The third kappa shape index (κ3) is 5.30. The first-order valence-corrected chi connectivity index (χ1v) is 11.3. The number of H-pyrrole nitrogens is 1. The largest absolute Gasteiger partial charge is 0.497 e. The number of hydrogen-bond acceptors (Lipinski definition) is 7. The summed E-state index contributed by atoms with van der Waals surface area (Å²) in [6.45, 7) is 1.61. The van der Waals surface area contributed by atoms with E-state index in [1.807, 2.05) is 0 Å². The summed E-state index contributed by atoms with van der Waals surface area (Å²) in [7, 11) is -2.62. The molecule has 0 unspecified atom stereocenters. The minimum absolute atomic E-state index is 0.0731. The summed E-state index contributed by atoms with van der Waals surface area (Å²) in [4.78, 5) is 30.1. The lowest BCUT2D eigenvalue weighted by atomic mass is 10.2. The van der Waals surface area contributed by atoms with E-state index in [9.17, 15) is 22.4 Å². The molecule has 162 valence electrons. The first kappa shape index (κ1) is 22.5. The average Bonchev–Trinajstić information content (AvgIpc) is 2.75. The Morgan fingerprint density at radius 2 is 1.94 bits per heavy atom. The number of methoxy groups -OCH3 is 1. The molecular formula is C20H18FN3O5S2. The van der Waals surface area contributed by atoms with Crippen LogP contribution in [0.2, 0.25) is 0 Å². The van der Waals surface area contributed by atoms with Crippen molar-refractivity contribution < 1.29 is 22.3 Å². The van der Waals surface area contributed by atoms with Crippen LogP contribution in [0.3, 0.4) is 0 Å². The van der Waals surface area contributed by atoms with Crippen molar-refractivity contribution in [1.29, 1.82) is 0 Å². The van der Waals surface area contributed by atoms with Crippen LogP contribution < -0.4 is 15.6 Å². The molecule has 0 bridgehead atoms. The van der Waals surface area contributed by atoms with Crippen LogP contribution in [0, 0.1) is 12.7 Å². The zero-order valence-electron chi connectivity index (χ0n) is 16.5. The van der Waals surface area contributed by atoms with Gasteiger partial charge in [0.1, 0.15) is 11.6 Å². The molecule has 0 aliphatic heterocycles. The SMILES string of the molecule is COc1ccc(S(=O)(=O)c2cnc(SCC(=O)Nc3ccc(C)c(F)c3)[nH]c2=O)cc1. The molecule has 0 fully saturated rings. The molecule has 0 spiro atoms. The molecule has 0 aliphatic rings. The van der Waals surface area contributed by atoms with Gasteiger partial charge in [-0.1, -0.05) is 17.8 Å². The lowest BCUT2D eigenvalue weighted by molar-refractivity contribution is -0.113. The number of anilines is 1. The Morgan fingerprint density at radius 1 is 1.23 bits per heavy atom. The van der Waals surface area contributed by atoms with Gasteiger partial charge in [0.2, 0.25) is 15.7 Å². The van der Waals surface area contributed by atoms with E-state index < -0.39 is 32.0 Å². The Bertz CT molecular complexity index is 1270. The summed E-state index contributed by atoms with van der Waals surface area (Å²) < 4.78 is 43.9. The lowest BCUT2D eigenvalue weighted by Gasteiger charge is -2.07. The highest BCUT2D eigenvalue weighted by Crippen LogP contribution is 2.21. The topological polar surface area (TPSA) is 118 Å². The zero-order chi connectivity index (χ0) is 22.6. The first-order valence-electron chi connectivity index (χ1n) is 8.88. The standard InChI is InChI=1S/C20H18FN3O5S2/c1-12-3-4-13(9-16(12)21)23-18(25)11-30-20-22-10-17(19(26)24-20)31(27,28)15-7-5-14(29-2)6-8-15/h3-10H,11H2,1-2H3,(H,23,25)(H,22,24,26). The van der Waals surface area contributed by atoms with Crippen molar-refractivity contribution in [3.8, 4) is 5.75 Å². The van der Waals surface area contributed by atoms with Crippen molar-refractivity contribution in [2.24, 2.45) is 0 Å². The van der Waals surface area contributed by atoms with Gasteiger partial charge >= 0.3 is 0 Å². The summed E-state index contributed by atoms with van der Waals surface area (Å²) in [6, 6.07) is 9.91. The van der Waals surface area contributed by atoms with E-state index in [0.29, 0.717) is 17.0 Å². The van der Waals surface area contributed by atoms with Crippen molar-refractivity contribution in [2.75, 3.05) is 18.2 Å². The molecule has 1 amide bonds. The number of aryl methyl sites for hydroxylation is 1. The van der Waals surface area contributed by atoms with Crippen molar-refractivity contribution in [3.63, 3.8) is 0 Å².